The number of nitrogens with zero attached hydrogens (tertiary/aromatic N) is 3. The van der Waals surface area contributed by atoms with Crippen molar-refractivity contribution >= 4 is 12.3 Å². The molecule has 4 N–H and O–H groups in total. The number of oxime groups is 1. The minimum absolute atomic E-state index is 0.456. The fourth-order valence-electron chi connectivity index (χ4n) is 0.210. The second-order valence-corrected chi connectivity index (χ2v) is 1.11. The molecule has 0 bridgehead atoms. The van der Waals surface area contributed by atoms with E-state index in [4.69, 9.17) is 10.9 Å². The third-order valence-corrected chi connectivity index (χ3v) is 0.454. The molecule has 0 saturated carbocycles. The van der Waals surface area contributed by atoms with Gasteiger partial charge >= 0.3 is 0 Å². The van der Waals surface area contributed by atoms with Gasteiger partial charge in [-0.15, -0.1) is 0 Å². The first-order valence-electron chi connectivity index (χ1n) is 2.07. The van der Waals surface area contributed by atoms with Crippen molar-refractivity contribution in [2.45, 2.75) is 0 Å². The van der Waals surface area contributed by atoms with E-state index in [2.05, 4.69) is 10.1 Å². The van der Waals surface area contributed by atoms with Crippen LogP contribution in [0.3, 0.4) is 0 Å². The highest BCUT2D eigenvalue weighted by atomic mass is 16.7. The third kappa shape index (κ3) is 4.30. The van der Waals surface area contributed by atoms with Crippen molar-refractivity contribution in [3.8, 4) is 0 Å². The van der Waals surface area contributed by atoms with E-state index < -0.39 is 11.0 Å². The smallest absolute Gasteiger partial charge is 0.257 e. The van der Waals surface area contributed by atoms with E-state index in [1.807, 2.05) is 0 Å². The summed E-state index contributed by atoms with van der Waals surface area (Å²) in [7, 11) is 0. The van der Waals surface area contributed by atoms with Gasteiger partial charge in [0.2, 0.25) is 0 Å². The molecular formula is C2H5N5O3. The normalized spacial score (nSPS) is 11.8. The van der Waals surface area contributed by atoms with Gasteiger partial charge in [-0.3, -0.25) is 0 Å². The average molecular weight is 147 g/mol. The Bertz CT molecular complexity index is 174. The molecule has 0 atom stereocenters. The number of aliphatic imine (C=N–C) groups is 1. The molecule has 56 valence electrons. The Labute approximate surface area is 55.2 Å². The van der Waals surface area contributed by atoms with Crippen LogP contribution in [-0.4, -0.2) is 22.5 Å². The van der Waals surface area contributed by atoms with Crippen molar-refractivity contribution in [1.29, 1.82) is 0 Å². The van der Waals surface area contributed by atoms with E-state index in [0.29, 0.717) is 6.34 Å². The molecular weight excluding hydrogens is 142 g/mol. The highest BCUT2D eigenvalue weighted by molar-refractivity contribution is 5.84. The summed E-state index contributed by atoms with van der Waals surface area (Å²) in [6, 6.07) is 0. The van der Waals surface area contributed by atoms with Crippen LogP contribution in [0.1, 0.15) is 0 Å². The topological polar surface area (TPSA) is 126 Å². The molecule has 0 aromatic carbocycles. The van der Waals surface area contributed by atoms with Crippen molar-refractivity contribution in [2.75, 3.05) is 0 Å². The van der Waals surface area contributed by atoms with Gasteiger partial charge in [-0.05, 0) is 0 Å². The predicted molar refractivity (Wildman–Crippen MR) is 32.0 cm³/mol. The van der Waals surface area contributed by atoms with E-state index in [9.17, 15) is 10.1 Å². The quantitative estimate of drug-likeness (QED) is 0.144. The molecule has 0 aliphatic carbocycles. The molecule has 8 nitrogen and oxygen atoms in total. The van der Waals surface area contributed by atoms with Gasteiger partial charge in [-0.25, -0.2) is 10.1 Å². The van der Waals surface area contributed by atoms with E-state index in [1.54, 1.807) is 0 Å². The van der Waals surface area contributed by atoms with Gasteiger partial charge in [-0.1, -0.05) is 10.6 Å². The van der Waals surface area contributed by atoms with E-state index in [1.165, 1.54) is 5.43 Å². The number of hydrogen-bond acceptors (Lipinski definition) is 4. The summed E-state index contributed by atoms with van der Waals surface area (Å²) in [6.45, 7) is 0. The van der Waals surface area contributed by atoms with Crippen molar-refractivity contribution in [1.82, 2.24) is 5.43 Å². The molecule has 0 fully saturated rings. The summed E-state index contributed by atoms with van der Waals surface area (Å²) in [5, 5.41) is 18.9. The first-order chi connectivity index (χ1) is 4.66. The van der Waals surface area contributed by atoms with Crippen LogP contribution in [0.5, 0.6) is 0 Å². The number of nitrogens with two attached hydrogens (primary N) is 1. The van der Waals surface area contributed by atoms with Crippen LogP contribution in [-0.2, 0) is 0 Å². The van der Waals surface area contributed by atoms with Crippen molar-refractivity contribution in [2.24, 2.45) is 15.9 Å². The van der Waals surface area contributed by atoms with Crippen LogP contribution in [0.2, 0.25) is 0 Å². The van der Waals surface area contributed by atoms with E-state index in [0.717, 1.165) is 0 Å². The van der Waals surface area contributed by atoms with E-state index in [-0.39, 0.29) is 0 Å². The van der Waals surface area contributed by atoms with E-state index >= 15 is 0 Å². The van der Waals surface area contributed by atoms with Gasteiger partial charge < -0.3 is 10.9 Å². The molecule has 0 unspecified atom stereocenters. The summed E-state index contributed by atoms with van der Waals surface area (Å²) in [4.78, 5) is 12.7. The lowest BCUT2D eigenvalue weighted by Crippen LogP contribution is -2.36. The Morgan fingerprint density at radius 2 is 2.50 bits per heavy atom. The van der Waals surface area contributed by atoms with Crippen molar-refractivity contribution < 1.29 is 10.2 Å². The fraction of sp³-hybridized carbons (Fsp3) is 0. The van der Waals surface area contributed by atoms with Crippen molar-refractivity contribution in [3.63, 3.8) is 0 Å². The molecule has 0 spiro atoms. The molecule has 0 aliphatic rings. The third-order valence-electron chi connectivity index (χ3n) is 0.454. The van der Waals surface area contributed by atoms with Crippen LogP contribution < -0.4 is 11.2 Å². The zero-order chi connectivity index (χ0) is 7.98. The molecule has 0 aromatic heterocycles. The number of nitro groups is 1. The van der Waals surface area contributed by atoms with Crippen LogP contribution in [0.4, 0.5) is 0 Å². The molecule has 8 heteroatoms. The summed E-state index contributed by atoms with van der Waals surface area (Å²) in [6.07, 6.45) is 0.659. The largest absolute Gasteiger partial charge is 0.410 e. The zero-order valence-electron chi connectivity index (χ0n) is 4.76. The van der Waals surface area contributed by atoms with Crippen molar-refractivity contribution in [3.05, 3.63) is 10.1 Å². The molecule has 0 aliphatic heterocycles. The Morgan fingerprint density at radius 3 is 2.90 bits per heavy atom. The Morgan fingerprint density at radius 1 is 1.90 bits per heavy atom. The Hall–Kier alpha value is -1.86. The lowest BCUT2D eigenvalue weighted by atomic mass is 11.0. The minimum atomic E-state index is -0.885. The number of hydrogen-bond donors (Lipinski definition) is 3. The second-order valence-electron chi connectivity index (χ2n) is 1.11. The maximum Gasteiger partial charge on any atom is 0.257 e. The number of nitrogens with one attached hydrogen (secondary N) is 1. The lowest BCUT2D eigenvalue weighted by molar-refractivity contribution is -0.525. The maximum atomic E-state index is 9.60. The van der Waals surface area contributed by atoms with Gasteiger partial charge in [0.25, 0.3) is 5.96 Å². The highest BCUT2D eigenvalue weighted by Gasteiger charge is 1.95. The van der Waals surface area contributed by atoms with Gasteiger partial charge in [0, 0.05) is 0 Å². The maximum absolute atomic E-state index is 9.60. The molecule has 0 rings (SSSR count). The van der Waals surface area contributed by atoms with Gasteiger partial charge in [-0.2, -0.15) is 4.99 Å². The molecule has 10 heavy (non-hydrogen) atoms. The summed E-state index contributed by atoms with van der Waals surface area (Å²) in [5.41, 5.74) is 6.38. The molecule has 0 radical (unpaired) electrons. The Kier molecular flexibility index (Phi) is 3.31. The SMILES string of the molecule is NC(=NC=NO)N[N+](=O)[O-]. The van der Waals surface area contributed by atoms with Crippen LogP contribution in [0, 0.1) is 10.1 Å². The van der Waals surface area contributed by atoms with Crippen LogP contribution in [0.15, 0.2) is 10.1 Å². The van der Waals surface area contributed by atoms with Crippen LogP contribution >= 0.6 is 0 Å². The average Bonchev–Trinajstić information content (AvgIpc) is 1.82. The highest BCUT2D eigenvalue weighted by Crippen LogP contribution is 1.61. The molecule has 0 aromatic rings. The molecule has 0 amide bonds. The monoisotopic (exact) mass is 147 g/mol. The number of hydrazine groups is 1. The Balaban J connectivity index is 3.82. The molecule has 0 saturated heterocycles. The zero-order valence-corrected chi connectivity index (χ0v) is 4.76. The number of guanidine groups is 1. The summed E-state index contributed by atoms with van der Waals surface area (Å²) < 4.78 is 0. The second kappa shape index (κ2) is 4.06. The first-order valence-corrected chi connectivity index (χ1v) is 2.07. The summed E-state index contributed by atoms with van der Waals surface area (Å²) in [5.74, 6) is -0.456. The summed E-state index contributed by atoms with van der Waals surface area (Å²) >= 11 is 0. The molecule has 0 heterocycles. The van der Waals surface area contributed by atoms with Crippen LogP contribution in [0.25, 0.3) is 0 Å². The predicted octanol–water partition coefficient (Wildman–Crippen LogP) is -1.50. The lowest BCUT2D eigenvalue weighted by Gasteiger charge is -1.90. The number of rotatable bonds is 2. The minimum Gasteiger partial charge on any atom is -0.410 e. The standard InChI is InChI=1S/C2H5N5O3/c3-2(4-1-5-8)6-7(9)10/h1,8H,(H3,3,4,5,6). The first kappa shape index (κ1) is 8.14. The van der Waals surface area contributed by atoms with Gasteiger partial charge in [0.05, 0.1) is 0 Å². The fourth-order valence-corrected chi connectivity index (χ4v) is 0.210. The van der Waals surface area contributed by atoms with Gasteiger partial charge in [0.1, 0.15) is 0 Å². The van der Waals surface area contributed by atoms with Gasteiger partial charge in [0.15, 0.2) is 11.4 Å².